The fraction of sp³-hybridized carbons (Fsp3) is 0.571. The van der Waals surface area contributed by atoms with Crippen molar-refractivity contribution in [1.82, 2.24) is 0 Å². The van der Waals surface area contributed by atoms with Crippen LogP contribution in [0.15, 0.2) is 18.2 Å². The van der Waals surface area contributed by atoms with Gasteiger partial charge in [-0.1, -0.05) is 26.2 Å². The van der Waals surface area contributed by atoms with Crippen molar-refractivity contribution >= 4 is 5.69 Å². The largest absolute Gasteiger partial charge is 0.491 e. The van der Waals surface area contributed by atoms with Gasteiger partial charge in [0.2, 0.25) is 0 Å². The van der Waals surface area contributed by atoms with Gasteiger partial charge in [-0.15, -0.1) is 0 Å². The molecule has 0 heterocycles. The van der Waals surface area contributed by atoms with Crippen LogP contribution in [-0.2, 0) is 0 Å². The molecule has 2 nitrogen and oxygen atoms in total. The van der Waals surface area contributed by atoms with Gasteiger partial charge in [0, 0.05) is 17.8 Å². The number of unbranched alkanes of at least 4 members (excludes halogenated alkanes) is 3. The number of anilines is 1. The second-order valence-corrected chi connectivity index (χ2v) is 4.50. The first-order chi connectivity index (χ1) is 8.11. The molecule has 0 spiro atoms. The molecule has 0 aromatic heterocycles. The molecule has 17 heavy (non-hydrogen) atoms. The normalized spacial score (nSPS) is 12.4. The first kappa shape index (κ1) is 13.8. The molecule has 96 valence electrons. The maximum atomic E-state index is 13.1. The summed E-state index contributed by atoms with van der Waals surface area (Å²) >= 11 is 0. The van der Waals surface area contributed by atoms with Gasteiger partial charge in [-0.05, 0) is 25.8 Å². The summed E-state index contributed by atoms with van der Waals surface area (Å²) < 4.78 is 18.7. The molecule has 0 aliphatic heterocycles. The topological polar surface area (TPSA) is 35.2 Å². The lowest BCUT2D eigenvalue weighted by Crippen LogP contribution is -2.11. The highest BCUT2D eigenvalue weighted by Crippen LogP contribution is 2.20. The zero-order valence-corrected chi connectivity index (χ0v) is 10.7. The third-order valence-corrected chi connectivity index (χ3v) is 2.70. The molecule has 1 unspecified atom stereocenters. The number of halogens is 1. The summed E-state index contributed by atoms with van der Waals surface area (Å²) in [5.74, 6) is 0.170. The third-order valence-electron chi connectivity index (χ3n) is 2.70. The van der Waals surface area contributed by atoms with Crippen molar-refractivity contribution in [2.75, 3.05) is 5.73 Å². The van der Waals surface area contributed by atoms with Crippen LogP contribution in [-0.4, -0.2) is 6.10 Å². The summed E-state index contributed by atoms with van der Waals surface area (Å²) in [6.07, 6.45) is 5.98. The van der Waals surface area contributed by atoms with Crippen LogP contribution in [0, 0.1) is 5.82 Å². The molecule has 3 heteroatoms. The highest BCUT2D eigenvalue weighted by atomic mass is 19.1. The molecule has 0 radical (unpaired) electrons. The Morgan fingerprint density at radius 3 is 2.65 bits per heavy atom. The van der Waals surface area contributed by atoms with Crippen LogP contribution in [0.2, 0.25) is 0 Å². The van der Waals surface area contributed by atoms with E-state index >= 15 is 0 Å². The van der Waals surface area contributed by atoms with Gasteiger partial charge >= 0.3 is 0 Å². The summed E-state index contributed by atoms with van der Waals surface area (Å²) in [7, 11) is 0. The van der Waals surface area contributed by atoms with Crippen molar-refractivity contribution < 1.29 is 9.13 Å². The van der Waals surface area contributed by atoms with Crippen molar-refractivity contribution in [2.45, 2.75) is 52.1 Å². The van der Waals surface area contributed by atoms with Crippen molar-refractivity contribution in [3.05, 3.63) is 24.0 Å². The fourth-order valence-electron chi connectivity index (χ4n) is 1.80. The lowest BCUT2D eigenvalue weighted by molar-refractivity contribution is 0.206. The van der Waals surface area contributed by atoms with E-state index in [9.17, 15) is 4.39 Å². The van der Waals surface area contributed by atoms with E-state index in [4.69, 9.17) is 10.5 Å². The van der Waals surface area contributed by atoms with Crippen LogP contribution in [0.1, 0.15) is 46.0 Å². The van der Waals surface area contributed by atoms with Crippen LogP contribution in [0.3, 0.4) is 0 Å². The Balaban J connectivity index is 2.36. The number of hydrogen-bond donors (Lipinski definition) is 1. The SMILES string of the molecule is CCCCCCC(C)Oc1cc(N)cc(F)c1. The van der Waals surface area contributed by atoms with Crippen molar-refractivity contribution in [2.24, 2.45) is 0 Å². The minimum Gasteiger partial charge on any atom is -0.491 e. The van der Waals surface area contributed by atoms with Crippen LogP contribution < -0.4 is 10.5 Å². The Morgan fingerprint density at radius 1 is 1.24 bits per heavy atom. The molecule has 2 N–H and O–H groups in total. The molecule has 0 saturated heterocycles. The molecule has 0 aliphatic rings. The minimum atomic E-state index is -0.349. The van der Waals surface area contributed by atoms with E-state index < -0.39 is 0 Å². The average Bonchev–Trinajstić information content (AvgIpc) is 2.23. The number of nitrogen functional groups attached to an aromatic ring is 1. The van der Waals surface area contributed by atoms with E-state index in [0.717, 1.165) is 12.8 Å². The summed E-state index contributed by atoms with van der Waals surface area (Å²) in [5, 5.41) is 0. The van der Waals surface area contributed by atoms with Crippen LogP contribution in [0.25, 0.3) is 0 Å². The Morgan fingerprint density at radius 2 is 2.00 bits per heavy atom. The van der Waals surface area contributed by atoms with Crippen molar-refractivity contribution in [3.8, 4) is 5.75 Å². The van der Waals surface area contributed by atoms with Crippen molar-refractivity contribution in [3.63, 3.8) is 0 Å². The van der Waals surface area contributed by atoms with Crippen molar-refractivity contribution in [1.29, 1.82) is 0 Å². The fourth-order valence-corrected chi connectivity index (χ4v) is 1.80. The standard InChI is InChI=1S/C14H22FNO/c1-3-4-5-6-7-11(2)17-14-9-12(15)8-13(16)10-14/h8-11H,3-7,16H2,1-2H3. The van der Waals surface area contributed by atoms with Gasteiger partial charge in [-0.25, -0.2) is 4.39 Å². The molecule has 0 fully saturated rings. The predicted molar refractivity (Wildman–Crippen MR) is 69.7 cm³/mol. The van der Waals surface area contributed by atoms with E-state index in [1.54, 1.807) is 6.07 Å². The molecule has 0 aliphatic carbocycles. The molecule has 1 atom stereocenters. The Labute approximate surface area is 103 Å². The number of rotatable bonds is 7. The molecular weight excluding hydrogens is 217 g/mol. The maximum Gasteiger partial charge on any atom is 0.128 e. The molecule has 1 rings (SSSR count). The van der Waals surface area contributed by atoms with Gasteiger partial charge in [-0.3, -0.25) is 0 Å². The molecule has 1 aromatic rings. The first-order valence-corrected chi connectivity index (χ1v) is 6.34. The quantitative estimate of drug-likeness (QED) is 0.573. The van der Waals surface area contributed by atoms with Crippen LogP contribution >= 0.6 is 0 Å². The summed E-state index contributed by atoms with van der Waals surface area (Å²) in [4.78, 5) is 0. The number of hydrogen-bond acceptors (Lipinski definition) is 2. The van der Waals surface area contributed by atoms with Gasteiger partial charge in [0.15, 0.2) is 0 Å². The zero-order chi connectivity index (χ0) is 12.7. The maximum absolute atomic E-state index is 13.1. The van der Waals surface area contributed by atoms with E-state index in [-0.39, 0.29) is 11.9 Å². The second-order valence-electron chi connectivity index (χ2n) is 4.50. The van der Waals surface area contributed by atoms with Crippen LogP contribution in [0.5, 0.6) is 5.75 Å². The Hall–Kier alpha value is -1.25. The third kappa shape index (κ3) is 5.57. The minimum absolute atomic E-state index is 0.105. The van der Waals surface area contributed by atoms with Gasteiger partial charge < -0.3 is 10.5 Å². The van der Waals surface area contributed by atoms with E-state index in [1.807, 2.05) is 6.92 Å². The lowest BCUT2D eigenvalue weighted by Gasteiger charge is -2.15. The highest BCUT2D eigenvalue weighted by molar-refractivity contribution is 5.44. The number of nitrogens with two attached hydrogens (primary N) is 1. The molecule has 0 bridgehead atoms. The summed E-state index contributed by atoms with van der Waals surface area (Å²) in [6.45, 7) is 4.20. The molecule has 0 amide bonds. The smallest absolute Gasteiger partial charge is 0.128 e. The molecule has 0 saturated carbocycles. The van der Waals surface area contributed by atoms with Gasteiger partial charge in [-0.2, -0.15) is 0 Å². The van der Waals surface area contributed by atoms with E-state index in [1.165, 1.54) is 31.4 Å². The van der Waals surface area contributed by atoms with Gasteiger partial charge in [0.1, 0.15) is 11.6 Å². The van der Waals surface area contributed by atoms with Gasteiger partial charge in [0.05, 0.1) is 6.10 Å². The molecule has 1 aromatic carbocycles. The monoisotopic (exact) mass is 239 g/mol. The second kappa shape index (κ2) is 7.15. The van der Waals surface area contributed by atoms with E-state index in [2.05, 4.69) is 6.92 Å². The summed E-state index contributed by atoms with van der Waals surface area (Å²) in [5.41, 5.74) is 5.96. The molecular formula is C14H22FNO. The number of ether oxygens (including phenoxy) is 1. The lowest BCUT2D eigenvalue weighted by atomic mass is 10.1. The Kier molecular flexibility index (Phi) is 5.81. The summed E-state index contributed by atoms with van der Waals surface area (Å²) in [6, 6.07) is 4.32. The number of benzene rings is 1. The first-order valence-electron chi connectivity index (χ1n) is 6.34. The zero-order valence-electron chi connectivity index (χ0n) is 10.7. The average molecular weight is 239 g/mol. The highest BCUT2D eigenvalue weighted by Gasteiger charge is 2.05. The Bertz CT molecular complexity index is 321. The van der Waals surface area contributed by atoms with Crippen LogP contribution in [0.4, 0.5) is 10.1 Å². The van der Waals surface area contributed by atoms with E-state index in [0.29, 0.717) is 11.4 Å². The van der Waals surface area contributed by atoms with Gasteiger partial charge in [0.25, 0.3) is 0 Å². The predicted octanol–water partition coefficient (Wildman–Crippen LogP) is 4.15.